The maximum atomic E-state index is 11.8. The van der Waals surface area contributed by atoms with E-state index in [4.69, 9.17) is 12.2 Å². The molecule has 0 aliphatic rings. The smallest absolute Gasteiger partial charge is 0.301 e. The van der Waals surface area contributed by atoms with Gasteiger partial charge in [-0.25, -0.2) is 4.79 Å². The van der Waals surface area contributed by atoms with Gasteiger partial charge in [0.25, 0.3) is 0 Å². The number of unbranched alkanes of at least 4 members (excludes halogenated alkanes) is 3. The van der Waals surface area contributed by atoms with Crippen LogP contribution in [0.4, 0.5) is 0 Å². The Morgan fingerprint density at radius 2 is 1.78 bits per heavy atom. The van der Waals surface area contributed by atoms with Gasteiger partial charge >= 0.3 is 5.69 Å². The fourth-order valence-corrected chi connectivity index (χ4v) is 4.33. The van der Waals surface area contributed by atoms with Crippen LogP contribution in [-0.2, 0) is 12.0 Å². The van der Waals surface area contributed by atoms with Gasteiger partial charge in [-0.2, -0.15) is 0 Å². The second-order valence-electron chi connectivity index (χ2n) is 8.07. The second kappa shape index (κ2) is 10.6. The van der Waals surface area contributed by atoms with Crippen molar-refractivity contribution >= 4 is 12.2 Å². The molecule has 0 saturated carbocycles. The van der Waals surface area contributed by atoms with Crippen molar-refractivity contribution in [2.45, 2.75) is 77.7 Å². The maximum Gasteiger partial charge on any atom is 0.326 e. The molecule has 2 rings (SSSR count). The van der Waals surface area contributed by atoms with Crippen LogP contribution < -0.4 is 5.69 Å². The fourth-order valence-electron chi connectivity index (χ4n) is 4.18. The highest BCUT2D eigenvalue weighted by atomic mass is 32.1. The topological polar surface area (TPSA) is 37.8 Å². The molecule has 0 aliphatic heterocycles. The molecular weight excluding hydrogens is 352 g/mol. The van der Waals surface area contributed by atoms with E-state index < -0.39 is 0 Å². The average Bonchev–Trinajstić information content (AvgIpc) is 2.65. The Kier molecular flexibility index (Phi) is 8.49. The van der Waals surface area contributed by atoms with Gasteiger partial charge < -0.3 is 4.57 Å². The van der Waals surface area contributed by atoms with Gasteiger partial charge in [0, 0.05) is 12.7 Å². The molecule has 0 amide bonds. The molecule has 0 bridgehead atoms. The normalized spacial score (nSPS) is 13.6. The highest BCUT2D eigenvalue weighted by molar-refractivity contribution is 7.71. The molecule has 148 valence electrons. The van der Waals surface area contributed by atoms with Crippen LogP contribution in [-0.4, -0.2) is 9.55 Å². The Balaban J connectivity index is 1.86. The molecule has 1 heterocycles. The highest BCUT2D eigenvalue weighted by Gasteiger charge is 2.30. The van der Waals surface area contributed by atoms with Crippen molar-refractivity contribution in [2.75, 3.05) is 0 Å². The number of nitrogens with one attached hydrogen (secondary N) is 1. The van der Waals surface area contributed by atoms with Crippen LogP contribution in [0.3, 0.4) is 0 Å². The Hall–Kier alpha value is -1.68. The number of nitrogens with zero attached hydrogens (tertiary/aromatic N) is 1. The van der Waals surface area contributed by atoms with Crippen LogP contribution in [0, 0.1) is 10.6 Å². The first kappa shape index (κ1) is 21.6. The number of hydrogen-bond donors (Lipinski definition) is 1. The summed E-state index contributed by atoms with van der Waals surface area (Å²) in [6.45, 7) is 7.75. The second-order valence-corrected chi connectivity index (χ2v) is 8.51. The maximum absolute atomic E-state index is 11.8. The third-order valence-electron chi connectivity index (χ3n) is 5.56. The van der Waals surface area contributed by atoms with E-state index in [-0.39, 0.29) is 5.69 Å². The van der Waals surface area contributed by atoms with Crippen LogP contribution in [0.2, 0.25) is 0 Å². The monoisotopic (exact) mass is 386 g/mol. The van der Waals surface area contributed by atoms with Crippen molar-refractivity contribution in [3.63, 3.8) is 0 Å². The molecule has 0 radical (unpaired) electrons. The summed E-state index contributed by atoms with van der Waals surface area (Å²) in [4.78, 5) is 14.5. The zero-order valence-corrected chi connectivity index (χ0v) is 17.9. The van der Waals surface area contributed by atoms with Crippen LogP contribution in [0.5, 0.6) is 0 Å². The van der Waals surface area contributed by atoms with E-state index in [0.29, 0.717) is 16.0 Å². The van der Waals surface area contributed by atoms with Gasteiger partial charge in [-0.1, -0.05) is 82.6 Å². The number of aryl methyl sites for hydroxylation is 1. The van der Waals surface area contributed by atoms with Crippen molar-refractivity contribution in [1.29, 1.82) is 0 Å². The summed E-state index contributed by atoms with van der Waals surface area (Å²) < 4.78 is 2.22. The van der Waals surface area contributed by atoms with Crippen molar-refractivity contribution in [2.24, 2.45) is 5.92 Å². The first-order chi connectivity index (χ1) is 13.0. The minimum atomic E-state index is -0.103. The molecule has 1 atom stereocenters. The third kappa shape index (κ3) is 6.46. The summed E-state index contributed by atoms with van der Waals surface area (Å²) in [5.41, 5.74) is 1.68. The van der Waals surface area contributed by atoms with Gasteiger partial charge in [-0.05, 0) is 48.6 Å². The SMILES string of the molecule is CCC(CCCCCCn1ccc(=S)[nH]c1=O)(CC(C)C)c1ccccc1. The van der Waals surface area contributed by atoms with E-state index >= 15 is 0 Å². The van der Waals surface area contributed by atoms with Gasteiger partial charge in [0.05, 0.1) is 0 Å². The molecule has 27 heavy (non-hydrogen) atoms. The molecule has 0 fully saturated rings. The summed E-state index contributed by atoms with van der Waals surface area (Å²) >= 11 is 4.98. The average molecular weight is 387 g/mol. The molecule has 1 aromatic carbocycles. The first-order valence-electron chi connectivity index (χ1n) is 10.3. The number of rotatable bonds is 11. The Morgan fingerprint density at radius 3 is 2.41 bits per heavy atom. The van der Waals surface area contributed by atoms with E-state index in [1.54, 1.807) is 16.8 Å². The summed E-state index contributed by atoms with van der Waals surface area (Å²) in [5, 5.41) is 0. The molecule has 1 unspecified atom stereocenters. The fraction of sp³-hybridized carbons (Fsp3) is 0.565. The van der Waals surface area contributed by atoms with Crippen molar-refractivity contribution in [3.8, 4) is 0 Å². The molecule has 1 N–H and O–H groups in total. The summed E-state index contributed by atoms with van der Waals surface area (Å²) in [5.74, 6) is 0.695. The number of hydrogen-bond acceptors (Lipinski definition) is 2. The van der Waals surface area contributed by atoms with Crippen LogP contribution in [0.1, 0.15) is 71.3 Å². The van der Waals surface area contributed by atoms with E-state index in [1.807, 2.05) is 0 Å². The third-order valence-corrected chi connectivity index (χ3v) is 5.80. The molecule has 0 saturated heterocycles. The minimum absolute atomic E-state index is 0.103. The number of aromatic nitrogens is 2. The van der Waals surface area contributed by atoms with E-state index in [9.17, 15) is 4.79 Å². The first-order valence-corrected chi connectivity index (χ1v) is 10.7. The molecule has 2 aromatic rings. The molecule has 0 spiro atoms. The van der Waals surface area contributed by atoms with Crippen molar-refractivity contribution in [1.82, 2.24) is 9.55 Å². The van der Waals surface area contributed by atoms with Crippen LogP contribution in [0.15, 0.2) is 47.4 Å². The zero-order chi connectivity index (χ0) is 19.7. The van der Waals surface area contributed by atoms with Gasteiger partial charge in [-0.15, -0.1) is 0 Å². The lowest BCUT2D eigenvalue weighted by Gasteiger charge is -2.35. The van der Waals surface area contributed by atoms with E-state index in [0.717, 1.165) is 19.4 Å². The molecule has 3 nitrogen and oxygen atoms in total. The minimum Gasteiger partial charge on any atom is -0.301 e. The number of aromatic amines is 1. The van der Waals surface area contributed by atoms with E-state index in [1.165, 1.54) is 37.7 Å². The largest absolute Gasteiger partial charge is 0.326 e. The predicted molar refractivity (Wildman–Crippen MR) is 117 cm³/mol. The zero-order valence-electron chi connectivity index (χ0n) is 17.0. The Bertz CT molecular complexity index is 794. The summed E-state index contributed by atoms with van der Waals surface area (Å²) in [6.07, 6.45) is 10.1. The lowest BCUT2D eigenvalue weighted by Crippen LogP contribution is -2.27. The van der Waals surface area contributed by atoms with Gasteiger partial charge in [0.1, 0.15) is 4.64 Å². The van der Waals surface area contributed by atoms with E-state index in [2.05, 4.69) is 56.1 Å². The van der Waals surface area contributed by atoms with Crippen LogP contribution >= 0.6 is 12.2 Å². The highest BCUT2D eigenvalue weighted by Crippen LogP contribution is 2.39. The molecule has 4 heteroatoms. The van der Waals surface area contributed by atoms with Gasteiger partial charge in [0.15, 0.2) is 0 Å². The molecular formula is C23H34N2OS. The standard InChI is InChI=1S/C23H34N2OS/c1-4-23(18-19(2)3,20-12-8-7-9-13-20)15-10-5-6-11-16-25-17-14-21(27)24-22(25)26/h7-9,12-14,17,19H,4-6,10-11,15-16,18H2,1-3H3,(H,24,26,27). The number of benzene rings is 1. The van der Waals surface area contributed by atoms with Gasteiger partial charge in [0.2, 0.25) is 0 Å². The quantitative estimate of drug-likeness (QED) is 0.366. The Labute approximate surface area is 168 Å². The Morgan fingerprint density at radius 1 is 1.07 bits per heavy atom. The van der Waals surface area contributed by atoms with Crippen molar-refractivity contribution in [3.05, 3.63) is 63.3 Å². The predicted octanol–water partition coefficient (Wildman–Crippen LogP) is 6.25. The van der Waals surface area contributed by atoms with Crippen molar-refractivity contribution < 1.29 is 0 Å². The molecule has 0 aliphatic carbocycles. The summed E-state index contributed by atoms with van der Waals surface area (Å²) in [6, 6.07) is 12.8. The van der Waals surface area contributed by atoms with Crippen LogP contribution in [0.25, 0.3) is 0 Å². The number of H-pyrrole nitrogens is 1. The lowest BCUT2D eigenvalue weighted by molar-refractivity contribution is 0.294. The molecule has 1 aromatic heterocycles. The lowest BCUT2D eigenvalue weighted by atomic mass is 9.69. The van der Waals surface area contributed by atoms with Gasteiger partial charge in [-0.3, -0.25) is 4.98 Å². The summed E-state index contributed by atoms with van der Waals surface area (Å²) in [7, 11) is 0.